The van der Waals surface area contributed by atoms with E-state index in [0.717, 1.165) is 0 Å². The molecule has 0 aromatic carbocycles. The van der Waals surface area contributed by atoms with Crippen molar-refractivity contribution in [3.63, 3.8) is 0 Å². The van der Waals surface area contributed by atoms with Crippen LogP contribution in [0.4, 0.5) is 0 Å². The third-order valence-corrected chi connectivity index (χ3v) is 6.55. The summed E-state index contributed by atoms with van der Waals surface area (Å²) in [5.41, 5.74) is -0.0663. The molecule has 3 nitrogen and oxygen atoms in total. The average Bonchev–Trinajstić information content (AvgIpc) is 1.79. The van der Waals surface area contributed by atoms with Gasteiger partial charge in [-0.3, -0.25) is 4.21 Å². The zero-order valence-electron chi connectivity index (χ0n) is 8.24. The molecule has 1 aliphatic rings. The van der Waals surface area contributed by atoms with Crippen molar-refractivity contribution in [2.24, 2.45) is 11.3 Å². The van der Waals surface area contributed by atoms with E-state index >= 15 is 0 Å². The van der Waals surface area contributed by atoms with Crippen LogP contribution in [0, 0.1) is 11.3 Å². The van der Waals surface area contributed by atoms with Gasteiger partial charge < -0.3 is 0 Å². The van der Waals surface area contributed by atoms with Gasteiger partial charge in [0.2, 0.25) is 0 Å². The van der Waals surface area contributed by atoms with Gasteiger partial charge in [-0.2, -0.15) is 0 Å². The molecule has 2 unspecified atom stereocenters. The van der Waals surface area contributed by atoms with Crippen molar-refractivity contribution in [1.29, 1.82) is 0 Å². The lowest BCUT2D eigenvalue weighted by Crippen LogP contribution is -2.39. The van der Waals surface area contributed by atoms with Gasteiger partial charge in [-0.15, -0.1) is 0 Å². The van der Waals surface area contributed by atoms with Crippen LogP contribution in [0.1, 0.15) is 20.8 Å². The minimum absolute atomic E-state index is 0.0343. The first-order valence-corrected chi connectivity index (χ1v) is 7.57. The van der Waals surface area contributed by atoms with Gasteiger partial charge >= 0.3 is 0 Å². The molecule has 5 heteroatoms. The third kappa shape index (κ3) is 3.06. The molecule has 0 saturated carbocycles. The van der Waals surface area contributed by atoms with Crippen LogP contribution in [-0.2, 0) is 20.6 Å². The first-order chi connectivity index (χ1) is 5.71. The van der Waals surface area contributed by atoms with E-state index < -0.39 is 20.6 Å². The highest BCUT2D eigenvalue weighted by atomic mass is 32.3. The zero-order valence-corrected chi connectivity index (χ0v) is 9.87. The average molecular weight is 224 g/mol. The summed E-state index contributed by atoms with van der Waals surface area (Å²) in [4.78, 5) is 0. The van der Waals surface area contributed by atoms with E-state index in [-0.39, 0.29) is 22.2 Å². The van der Waals surface area contributed by atoms with Crippen molar-refractivity contribution < 1.29 is 12.6 Å². The minimum Gasteiger partial charge on any atom is -0.259 e. The summed E-state index contributed by atoms with van der Waals surface area (Å²) in [7, 11) is -4.24. The lowest BCUT2D eigenvalue weighted by atomic mass is 9.83. The Labute approximate surface area is 82.3 Å². The fourth-order valence-electron chi connectivity index (χ4n) is 1.38. The highest BCUT2D eigenvalue weighted by molar-refractivity contribution is 8.05. The molecule has 0 spiro atoms. The van der Waals surface area contributed by atoms with Gasteiger partial charge in [-0.25, -0.2) is 8.42 Å². The monoisotopic (exact) mass is 224 g/mol. The summed E-state index contributed by atoms with van der Waals surface area (Å²) in [6.07, 6.45) is 0. The molecule has 1 heterocycles. The van der Waals surface area contributed by atoms with Crippen LogP contribution in [0.5, 0.6) is 0 Å². The van der Waals surface area contributed by atoms with Crippen LogP contribution in [0.15, 0.2) is 0 Å². The number of sulfone groups is 1. The Morgan fingerprint density at radius 2 is 1.85 bits per heavy atom. The van der Waals surface area contributed by atoms with Crippen LogP contribution >= 0.6 is 0 Å². The second-order valence-electron chi connectivity index (χ2n) is 4.70. The summed E-state index contributed by atoms with van der Waals surface area (Å²) in [5, 5.41) is -0.139. The van der Waals surface area contributed by atoms with Crippen molar-refractivity contribution in [3.8, 4) is 0 Å². The Morgan fingerprint density at radius 3 is 2.23 bits per heavy atom. The van der Waals surface area contributed by atoms with Crippen molar-refractivity contribution in [1.82, 2.24) is 0 Å². The van der Waals surface area contributed by atoms with E-state index in [1.807, 2.05) is 20.8 Å². The molecule has 0 aliphatic carbocycles. The van der Waals surface area contributed by atoms with Gasteiger partial charge in [0.25, 0.3) is 0 Å². The predicted molar refractivity (Wildman–Crippen MR) is 54.6 cm³/mol. The molecule has 0 aromatic heterocycles. The standard InChI is InChI=1S/C8H16O3S2/c1-8(2,3)7-4-12(9)6-13(10,11)5-7/h7H,4-6H2,1-3H3. The normalized spacial score (nSPS) is 34.4. The maximum Gasteiger partial charge on any atom is 0.162 e. The highest BCUT2D eigenvalue weighted by Crippen LogP contribution is 2.30. The van der Waals surface area contributed by atoms with E-state index in [1.165, 1.54) is 0 Å². The summed E-state index contributed by atoms with van der Waals surface area (Å²) in [5.74, 6) is 0.761. The van der Waals surface area contributed by atoms with E-state index in [9.17, 15) is 12.6 Å². The van der Waals surface area contributed by atoms with E-state index in [1.54, 1.807) is 0 Å². The van der Waals surface area contributed by atoms with Gasteiger partial charge in [0, 0.05) is 16.6 Å². The van der Waals surface area contributed by atoms with Gasteiger partial charge in [0.1, 0.15) is 5.08 Å². The van der Waals surface area contributed by atoms with Crippen LogP contribution in [0.25, 0.3) is 0 Å². The molecule has 1 saturated heterocycles. The molecule has 78 valence electrons. The van der Waals surface area contributed by atoms with Crippen molar-refractivity contribution in [2.75, 3.05) is 16.6 Å². The van der Waals surface area contributed by atoms with Gasteiger partial charge in [-0.1, -0.05) is 20.8 Å². The molecule has 2 atom stereocenters. The largest absolute Gasteiger partial charge is 0.259 e. The van der Waals surface area contributed by atoms with E-state index in [4.69, 9.17) is 0 Å². The molecule has 0 aromatic rings. The molecule has 1 aliphatic heterocycles. The Morgan fingerprint density at radius 1 is 1.31 bits per heavy atom. The first kappa shape index (κ1) is 11.2. The van der Waals surface area contributed by atoms with Crippen molar-refractivity contribution in [2.45, 2.75) is 20.8 Å². The molecule has 0 radical (unpaired) electrons. The third-order valence-electron chi connectivity index (χ3n) is 2.38. The topological polar surface area (TPSA) is 51.2 Å². The minimum atomic E-state index is -3.06. The fourth-order valence-corrected chi connectivity index (χ4v) is 6.19. The molecule has 0 bridgehead atoms. The van der Waals surface area contributed by atoms with Crippen LogP contribution in [0.2, 0.25) is 0 Å². The molecule has 13 heavy (non-hydrogen) atoms. The highest BCUT2D eigenvalue weighted by Gasteiger charge is 2.36. The summed E-state index contributed by atoms with van der Waals surface area (Å²) in [6.45, 7) is 5.99. The second kappa shape index (κ2) is 3.35. The Hall–Kier alpha value is 0.1000. The van der Waals surface area contributed by atoms with Gasteiger partial charge in [0.15, 0.2) is 9.84 Å². The Balaban J connectivity index is 2.87. The SMILES string of the molecule is CC(C)(C)C1CS(=O)CS(=O)(=O)C1. The smallest absolute Gasteiger partial charge is 0.162 e. The molecule has 0 N–H and O–H groups in total. The maximum absolute atomic E-state index is 11.3. The Bertz CT molecular complexity index is 311. The van der Waals surface area contributed by atoms with Crippen LogP contribution in [0.3, 0.4) is 0 Å². The van der Waals surface area contributed by atoms with E-state index in [2.05, 4.69) is 0 Å². The Kier molecular flexibility index (Phi) is 2.88. The second-order valence-corrected chi connectivity index (χ2v) is 8.67. The lowest BCUT2D eigenvalue weighted by Gasteiger charge is -2.32. The first-order valence-electron chi connectivity index (χ1n) is 4.26. The number of hydrogen-bond donors (Lipinski definition) is 0. The lowest BCUT2D eigenvalue weighted by molar-refractivity contribution is 0.287. The fraction of sp³-hybridized carbons (Fsp3) is 1.00. The molecule has 1 rings (SSSR count). The predicted octanol–water partition coefficient (Wildman–Crippen LogP) is 0.783. The van der Waals surface area contributed by atoms with Crippen molar-refractivity contribution >= 4 is 20.6 Å². The number of rotatable bonds is 0. The van der Waals surface area contributed by atoms with Gasteiger partial charge in [-0.05, 0) is 11.3 Å². The molecular weight excluding hydrogens is 208 g/mol. The number of hydrogen-bond acceptors (Lipinski definition) is 3. The molecular formula is C8H16O3S2. The van der Waals surface area contributed by atoms with E-state index in [0.29, 0.717) is 5.75 Å². The quantitative estimate of drug-likeness (QED) is 0.611. The maximum atomic E-state index is 11.3. The van der Waals surface area contributed by atoms with Crippen molar-refractivity contribution in [3.05, 3.63) is 0 Å². The van der Waals surface area contributed by atoms with Crippen LogP contribution < -0.4 is 0 Å². The summed E-state index contributed by atoms with van der Waals surface area (Å²) in [6, 6.07) is 0. The molecule has 1 fully saturated rings. The summed E-state index contributed by atoms with van der Waals surface area (Å²) < 4.78 is 33.9. The molecule has 0 amide bonds. The van der Waals surface area contributed by atoms with Gasteiger partial charge in [0.05, 0.1) is 5.75 Å². The zero-order chi connectivity index (χ0) is 10.3. The van der Waals surface area contributed by atoms with Crippen LogP contribution in [-0.4, -0.2) is 29.2 Å². The summed E-state index contributed by atoms with van der Waals surface area (Å²) >= 11 is 0.